The maximum atomic E-state index is 9.47. The fraction of sp³-hybridized carbons (Fsp3) is 0.667. The third-order valence-electron chi connectivity index (χ3n) is 4.01. The molecule has 0 spiro atoms. The molecule has 7 heteroatoms. The molecule has 0 aliphatic carbocycles. The van der Waals surface area contributed by atoms with Gasteiger partial charge in [-0.25, -0.2) is 0 Å². The SMILES string of the molecule is CC(C#N)S/C(=C\C=C(/CO)SC(C)C#N)CO[Si](C)(C)C(C)(C)C. The first-order valence-corrected chi connectivity index (χ1v) is 12.9. The number of aliphatic hydroxyl groups is 1. The molecular weight excluding hydrogens is 368 g/mol. The summed E-state index contributed by atoms with van der Waals surface area (Å²) >= 11 is 2.81. The lowest BCUT2D eigenvalue weighted by Gasteiger charge is -2.36. The van der Waals surface area contributed by atoms with E-state index in [1.807, 2.05) is 19.1 Å². The van der Waals surface area contributed by atoms with Crippen LogP contribution in [0.1, 0.15) is 34.6 Å². The van der Waals surface area contributed by atoms with Gasteiger partial charge in [0.05, 0.1) is 35.9 Å². The molecule has 0 aromatic heterocycles. The maximum absolute atomic E-state index is 9.47. The van der Waals surface area contributed by atoms with E-state index in [4.69, 9.17) is 14.9 Å². The molecule has 0 saturated carbocycles. The average Bonchev–Trinajstić information content (AvgIpc) is 2.54. The van der Waals surface area contributed by atoms with Gasteiger partial charge in [-0.05, 0) is 44.1 Å². The summed E-state index contributed by atoms with van der Waals surface area (Å²) in [6, 6.07) is 4.37. The second kappa shape index (κ2) is 11.1. The summed E-state index contributed by atoms with van der Waals surface area (Å²) in [6.45, 7) is 15.0. The largest absolute Gasteiger partial charge is 0.412 e. The van der Waals surface area contributed by atoms with Gasteiger partial charge < -0.3 is 9.53 Å². The Morgan fingerprint density at radius 2 is 1.52 bits per heavy atom. The van der Waals surface area contributed by atoms with Crippen LogP contribution in [0.15, 0.2) is 22.0 Å². The Morgan fingerprint density at radius 3 is 1.92 bits per heavy atom. The van der Waals surface area contributed by atoms with Crippen LogP contribution in [0.4, 0.5) is 0 Å². The Morgan fingerprint density at radius 1 is 1.08 bits per heavy atom. The van der Waals surface area contributed by atoms with Crippen LogP contribution in [0.5, 0.6) is 0 Å². The van der Waals surface area contributed by atoms with Gasteiger partial charge in [0.25, 0.3) is 0 Å². The fourth-order valence-corrected chi connectivity index (χ4v) is 3.97. The minimum Gasteiger partial charge on any atom is -0.412 e. The summed E-state index contributed by atoms with van der Waals surface area (Å²) in [6.07, 6.45) is 3.72. The van der Waals surface area contributed by atoms with E-state index in [0.29, 0.717) is 6.61 Å². The van der Waals surface area contributed by atoms with E-state index in [1.165, 1.54) is 23.5 Å². The topological polar surface area (TPSA) is 77.0 Å². The van der Waals surface area contributed by atoms with Crippen LogP contribution in [0.3, 0.4) is 0 Å². The molecule has 0 aliphatic heterocycles. The lowest BCUT2D eigenvalue weighted by atomic mass is 10.2. The highest BCUT2D eigenvalue weighted by atomic mass is 32.2. The van der Waals surface area contributed by atoms with Gasteiger partial charge in [-0.1, -0.05) is 20.8 Å². The van der Waals surface area contributed by atoms with Gasteiger partial charge in [0.15, 0.2) is 8.32 Å². The zero-order chi connectivity index (χ0) is 19.7. The second-order valence-corrected chi connectivity index (χ2v) is 15.0. The quantitative estimate of drug-likeness (QED) is 0.432. The van der Waals surface area contributed by atoms with Crippen LogP contribution in [-0.4, -0.2) is 37.1 Å². The number of hydrogen-bond acceptors (Lipinski definition) is 6. The van der Waals surface area contributed by atoms with Crippen molar-refractivity contribution in [3.8, 4) is 12.1 Å². The third-order valence-corrected chi connectivity index (χ3v) is 10.5. The molecule has 2 atom stereocenters. The van der Waals surface area contributed by atoms with Crippen molar-refractivity contribution in [2.75, 3.05) is 13.2 Å². The summed E-state index contributed by atoms with van der Waals surface area (Å²) in [7, 11) is -1.88. The Balaban J connectivity index is 5.29. The molecule has 0 aromatic rings. The van der Waals surface area contributed by atoms with Crippen molar-refractivity contribution in [2.24, 2.45) is 0 Å². The summed E-state index contributed by atoms with van der Waals surface area (Å²) in [5.74, 6) is 0. The number of allylic oxidation sites excluding steroid dienone is 2. The first-order chi connectivity index (χ1) is 11.5. The molecule has 0 bridgehead atoms. The summed E-state index contributed by atoms with van der Waals surface area (Å²) in [5, 5.41) is 27.2. The van der Waals surface area contributed by atoms with Gasteiger partial charge in [0.1, 0.15) is 0 Å². The van der Waals surface area contributed by atoms with Crippen LogP contribution >= 0.6 is 23.5 Å². The first-order valence-electron chi connectivity index (χ1n) is 8.24. The molecule has 0 aliphatic rings. The molecule has 0 aromatic carbocycles. The van der Waals surface area contributed by atoms with Crippen LogP contribution < -0.4 is 0 Å². The monoisotopic (exact) mass is 398 g/mol. The molecule has 0 amide bonds. The molecule has 25 heavy (non-hydrogen) atoms. The van der Waals surface area contributed by atoms with Gasteiger partial charge in [-0.2, -0.15) is 10.5 Å². The number of nitriles is 2. The van der Waals surface area contributed by atoms with Crippen LogP contribution in [0, 0.1) is 22.7 Å². The second-order valence-electron chi connectivity index (χ2n) is 7.25. The van der Waals surface area contributed by atoms with E-state index in [2.05, 4.69) is 46.0 Å². The highest BCUT2D eigenvalue weighted by molar-refractivity contribution is 8.04. The van der Waals surface area contributed by atoms with Crippen LogP contribution in [-0.2, 0) is 4.43 Å². The van der Waals surface area contributed by atoms with Crippen molar-refractivity contribution in [1.82, 2.24) is 0 Å². The van der Waals surface area contributed by atoms with Gasteiger partial charge in [-0.3, -0.25) is 0 Å². The normalized spacial score (nSPS) is 16.1. The number of thioether (sulfide) groups is 2. The zero-order valence-corrected chi connectivity index (χ0v) is 18.9. The minimum atomic E-state index is -1.88. The smallest absolute Gasteiger partial charge is 0.192 e. The Labute approximate surface area is 162 Å². The third kappa shape index (κ3) is 9.53. The minimum absolute atomic E-state index is 0.109. The molecular formula is C18H30N2O2S2Si. The number of hydrogen-bond donors (Lipinski definition) is 1. The van der Waals surface area contributed by atoms with Gasteiger partial charge in [0.2, 0.25) is 0 Å². The van der Waals surface area contributed by atoms with Gasteiger partial charge in [0, 0.05) is 9.81 Å². The van der Waals surface area contributed by atoms with E-state index in [-0.39, 0.29) is 22.1 Å². The standard InChI is InChI=1S/C18H30N2O2S2Si/c1-14(10-19)23-16(12-21)8-9-17(24-15(2)11-20)13-22-25(6,7)18(3,4)5/h8-9,14-15,21H,12-13H2,1-7H3/b16-8+,17-9-. The van der Waals surface area contributed by atoms with Crippen molar-refractivity contribution in [3.05, 3.63) is 22.0 Å². The fourth-order valence-electron chi connectivity index (χ4n) is 1.41. The highest BCUT2D eigenvalue weighted by Gasteiger charge is 2.37. The van der Waals surface area contributed by atoms with E-state index >= 15 is 0 Å². The van der Waals surface area contributed by atoms with Crippen LogP contribution in [0.25, 0.3) is 0 Å². The van der Waals surface area contributed by atoms with E-state index in [1.54, 1.807) is 6.92 Å². The Hall–Kier alpha value is -0.703. The lowest BCUT2D eigenvalue weighted by Crippen LogP contribution is -2.41. The van der Waals surface area contributed by atoms with Gasteiger partial charge in [-0.15, -0.1) is 23.5 Å². The van der Waals surface area contributed by atoms with E-state index < -0.39 is 8.32 Å². The summed E-state index contributed by atoms with van der Waals surface area (Å²) in [4.78, 5) is 1.68. The van der Waals surface area contributed by atoms with Gasteiger partial charge >= 0.3 is 0 Å². The molecule has 0 saturated heterocycles. The van der Waals surface area contributed by atoms with Crippen molar-refractivity contribution in [3.63, 3.8) is 0 Å². The first kappa shape index (κ1) is 24.3. The Bertz CT molecular complexity index is 569. The average molecular weight is 399 g/mol. The zero-order valence-electron chi connectivity index (χ0n) is 16.3. The molecule has 140 valence electrons. The molecule has 1 N–H and O–H groups in total. The predicted octanol–water partition coefficient (Wildman–Crippen LogP) is 5.06. The summed E-state index contributed by atoms with van der Waals surface area (Å²) in [5.41, 5.74) is 0. The lowest BCUT2D eigenvalue weighted by molar-refractivity contribution is 0.325. The molecule has 0 fully saturated rings. The molecule has 2 unspecified atom stereocenters. The molecule has 4 nitrogen and oxygen atoms in total. The van der Waals surface area contributed by atoms with Crippen molar-refractivity contribution in [2.45, 2.75) is 63.3 Å². The van der Waals surface area contributed by atoms with Crippen LogP contribution in [0.2, 0.25) is 18.1 Å². The molecule has 0 radical (unpaired) electrons. The number of rotatable bonds is 9. The van der Waals surface area contributed by atoms with E-state index in [0.717, 1.165) is 9.81 Å². The number of nitrogens with zero attached hydrogens (tertiary/aromatic N) is 2. The predicted molar refractivity (Wildman–Crippen MR) is 112 cm³/mol. The summed E-state index contributed by atoms with van der Waals surface area (Å²) < 4.78 is 6.26. The Kier molecular flexibility index (Phi) is 10.8. The number of aliphatic hydroxyl groups excluding tert-OH is 1. The van der Waals surface area contributed by atoms with E-state index in [9.17, 15) is 5.11 Å². The maximum Gasteiger partial charge on any atom is 0.192 e. The molecule has 0 heterocycles. The van der Waals surface area contributed by atoms with Crippen molar-refractivity contribution >= 4 is 31.8 Å². The van der Waals surface area contributed by atoms with Crippen molar-refractivity contribution in [1.29, 1.82) is 10.5 Å². The van der Waals surface area contributed by atoms with Crippen molar-refractivity contribution < 1.29 is 9.53 Å². The highest BCUT2D eigenvalue weighted by Crippen LogP contribution is 2.37. The molecule has 0 rings (SSSR count).